The van der Waals surface area contributed by atoms with Crippen LogP contribution >= 0.6 is 11.6 Å². The van der Waals surface area contributed by atoms with Crippen LogP contribution in [0.15, 0.2) is 60.8 Å². The lowest BCUT2D eigenvalue weighted by atomic mass is 9.78. The highest BCUT2D eigenvalue weighted by molar-refractivity contribution is 6.31. The molecule has 1 heterocycles. The minimum atomic E-state index is -0.812. The van der Waals surface area contributed by atoms with Gasteiger partial charge in [-0.1, -0.05) is 68.1 Å². The molecule has 2 amide bonds. The fraction of sp³-hybridized carbons (Fsp3) is 0.433. The fourth-order valence-corrected chi connectivity index (χ4v) is 6.05. The molecule has 0 aliphatic heterocycles. The minimum Gasteiger partial charge on any atom is -0.338 e. The Morgan fingerprint density at radius 3 is 2.35 bits per heavy atom. The van der Waals surface area contributed by atoms with Crippen molar-refractivity contribution in [2.45, 2.75) is 69.7 Å². The molecule has 0 bridgehead atoms. The molecular formula is C30H35ClN4O2. The van der Waals surface area contributed by atoms with Gasteiger partial charge in [-0.15, -0.1) is 0 Å². The lowest BCUT2D eigenvalue weighted by molar-refractivity contribution is -0.119. The van der Waals surface area contributed by atoms with Crippen molar-refractivity contribution in [3.8, 4) is 0 Å². The molecule has 2 aromatic carbocycles. The van der Waals surface area contributed by atoms with Gasteiger partial charge < -0.3 is 10.6 Å². The Bertz CT molecular complexity index is 1260. The SMILES string of the molecule is Cn1nccc1C(=O)N[C@H](C(=O)Nc1ccc(C2CCCCC2)cc1)C(c1ccccc1Cl)C1(C)CC1. The number of amides is 2. The molecule has 2 N–H and O–H groups in total. The van der Waals surface area contributed by atoms with Gasteiger partial charge in [-0.05, 0) is 72.4 Å². The highest BCUT2D eigenvalue weighted by Gasteiger charge is 2.51. The van der Waals surface area contributed by atoms with E-state index in [1.54, 1.807) is 19.3 Å². The van der Waals surface area contributed by atoms with Gasteiger partial charge in [0, 0.05) is 29.9 Å². The zero-order valence-corrected chi connectivity index (χ0v) is 22.3. The second-order valence-electron chi connectivity index (χ2n) is 10.9. The number of nitrogens with one attached hydrogen (secondary N) is 2. The summed E-state index contributed by atoms with van der Waals surface area (Å²) in [6, 6.07) is 16.7. The molecule has 1 aromatic heterocycles. The molecule has 2 aliphatic rings. The van der Waals surface area contributed by atoms with Gasteiger partial charge in [-0.25, -0.2) is 0 Å². The maximum Gasteiger partial charge on any atom is 0.270 e. The first-order chi connectivity index (χ1) is 17.9. The lowest BCUT2D eigenvalue weighted by Gasteiger charge is -2.33. The van der Waals surface area contributed by atoms with Gasteiger partial charge in [0.25, 0.3) is 5.91 Å². The largest absolute Gasteiger partial charge is 0.338 e. The number of benzene rings is 2. The van der Waals surface area contributed by atoms with Crippen molar-refractivity contribution in [2.24, 2.45) is 12.5 Å². The normalized spacial score (nSPS) is 18.6. The van der Waals surface area contributed by atoms with Crippen LogP contribution in [-0.4, -0.2) is 27.6 Å². The number of anilines is 1. The van der Waals surface area contributed by atoms with Gasteiger partial charge >= 0.3 is 0 Å². The average molecular weight is 519 g/mol. The molecular weight excluding hydrogens is 484 g/mol. The molecule has 0 saturated heterocycles. The second-order valence-corrected chi connectivity index (χ2v) is 11.3. The summed E-state index contributed by atoms with van der Waals surface area (Å²) in [5.41, 5.74) is 3.19. The number of rotatable bonds is 8. The smallest absolute Gasteiger partial charge is 0.270 e. The van der Waals surface area contributed by atoms with Crippen LogP contribution in [0.25, 0.3) is 0 Å². The Morgan fingerprint density at radius 2 is 1.73 bits per heavy atom. The number of halogens is 1. The van der Waals surface area contributed by atoms with Crippen molar-refractivity contribution in [3.05, 3.63) is 82.6 Å². The summed E-state index contributed by atoms with van der Waals surface area (Å²) in [5, 5.41) is 10.9. The van der Waals surface area contributed by atoms with Crippen LogP contribution in [0.3, 0.4) is 0 Å². The number of carbonyl (C=O) groups excluding carboxylic acids is 2. The van der Waals surface area contributed by atoms with Gasteiger partial charge in [-0.3, -0.25) is 14.3 Å². The predicted octanol–water partition coefficient (Wildman–Crippen LogP) is 6.44. The molecule has 2 fully saturated rings. The third kappa shape index (κ3) is 5.59. The molecule has 1 unspecified atom stereocenters. The summed E-state index contributed by atoms with van der Waals surface area (Å²) in [6.07, 6.45) is 9.84. The third-order valence-electron chi connectivity index (χ3n) is 8.24. The number of aromatic nitrogens is 2. The summed E-state index contributed by atoms with van der Waals surface area (Å²) >= 11 is 6.66. The zero-order chi connectivity index (χ0) is 26.0. The van der Waals surface area contributed by atoms with Crippen molar-refractivity contribution in [2.75, 3.05) is 5.32 Å². The Kier molecular flexibility index (Phi) is 7.38. The summed E-state index contributed by atoms with van der Waals surface area (Å²) in [4.78, 5) is 27.2. The Balaban J connectivity index is 1.43. The zero-order valence-electron chi connectivity index (χ0n) is 21.5. The molecule has 0 radical (unpaired) electrons. The number of aryl methyl sites for hydroxylation is 1. The third-order valence-corrected chi connectivity index (χ3v) is 8.58. The molecule has 2 saturated carbocycles. The summed E-state index contributed by atoms with van der Waals surface area (Å²) in [6.45, 7) is 2.16. The highest BCUT2D eigenvalue weighted by Crippen LogP contribution is 2.58. The first-order valence-electron chi connectivity index (χ1n) is 13.3. The van der Waals surface area contributed by atoms with Crippen molar-refractivity contribution in [1.29, 1.82) is 0 Å². The molecule has 7 heteroatoms. The van der Waals surface area contributed by atoms with Gasteiger partial charge in [-0.2, -0.15) is 5.10 Å². The van der Waals surface area contributed by atoms with E-state index in [0.29, 0.717) is 16.6 Å². The Morgan fingerprint density at radius 1 is 1.03 bits per heavy atom. The Labute approximate surface area is 223 Å². The Hall–Kier alpha value is -3.12. The summed E-state index contributed by atoms with van der Waals surface area (Å²) in [5.74, 6) is -0.267. The summed E-state index contributed by atoms with van der Waals surface area (Å²) < 4.78 is 1.51. The van der Waals surface area contributed by atoms with Crippen molar-refractivity contribution < 1.29 is 9.59 Å². The number of nitrogens with zero attached hydrogens (tertiary/aromatic N) is 2. The molecule has 194 valence electrons. The van der Waals surface area contributed by atoms with Crippen LogP contribution < -0.4 is 10.6 Å². The first-order valence-corrected chi connectivity index (χ1v) is 13.7. The van der Waals surface area contributed by atoms with E-state index in [2.05, 4.69) is 34.8 Å². The van der Waals surface area contributed by atoms with Crippen molar-refractivity contribution in [1.82, 2.24) is 15.1 Å². The van der Waals surface area contributed by atoms with E-state index < -0.39 is 6.04 Å². The molecule has 3 aromatic rings. The number of hydrogen-bond acceptors (Lipinski definition) is 3. The van der Waals surface area contributed by atoms with Crippen molar-refractivity contribution >= 4 is 29.1 Å². The van der Waals surface area contributed by atoms with Crippen molar-refractivity contribution in [3.63, 3.8) is 0 Å². The van der Waals surface area contributed by atoms with E-state index in [1.807, 2.05) is 36.4 Å². The van der Waals surface area contributed by atoms with E-state index >= 15 is 0 Å². The standard InChI is InChI=1S/C30H35ClN4O2/c1-30(17-18-30)26(23-10-6-7-11-24(23)31)27(34-28(36)25-16-19-32-35(25)2)29(37)33-22-14-12-21(13-15-22)20-8-4-3-5-9-20/h6-7,10-16,19-20,26-27H,3-5,8-9,17-18H2,1-2H3,(H,33,37)(H,34,36)/t26?,27-/m0/s1. The average Bonchev–Trinajstić information content (AvgIpc) is 3.50. The predicted molar refractivity (Wildman–Crippen MR) is 147 cm³/mol. The van der Waals surface area contributed by atoms with Crippen LogP contribution in [0.1, 0.15) is 85.3 Å². The second kappa shape index (κ2) is 10.7. The van der Waals surface area contributed by atoms with Crippen LogP contribution in [0.4, 0.5) is 5.69 Å². The number of carbonyl (C=O) groups is 2. The monoisotopic (exact) mass is 518 g/mol. The summed E-state index contributed by atoms with van der Waals surface area (Å²) in [7, 11) is 1.71. The molecule has 0 spiro atoms. The van der Waals surface area contributed by atoms with E-state index in [1.165, 1.54) is 42.3 Å². The van der Waals surface area contributed by atoms with Crippen LogP contribution in [0, 0.1) is 5.41 Å². The van der Waals surface area contributed by atoms with Gasteiger partial charge in [0.05, 0.1) is 0 Å². The molecule has 6 nitrogen and oxygen atoms in total. The van der Waals surface area contributed by atoms with Crippen LogP contribution in [0.2, 0.25) is 5.02 Å². The maximum atomic E-state index is 13.9. The quantitative estimate of drug-likeness (QED) is 0.360. The van der Waals surface area contributed by atoms with Gasteiger partial charge in [0.2, 0.25) is 5.91 Å². The molecule has 5 rings (SSSR count). The number of hydrogen-bond donors (Lipinski definition) is 2. The van der Waals surface area contributed by atoms with Crippen LogP contribution in [0.5, 0.6) is 0 Å². The minimum absolute atomic E-state index is 0.141. The topological polar surface area (TPSA) is 76.0 Å². The molecule has 2 aliphatic carbocycles. The maximum absolute atomic E-state index is 13.9. The van der Waals surface area contributed by atoms with Crippen LogP contribution in [-0.2, 0) is 11.8 Å². The van der Waals surface area contributed by atoms with Gasteiger partial charge in [0.1, 0.15) is 11.7 Å². The fourth-order valence-electron chi connectivity index (χ4n) is 5.80. The van der Waals surface area contributed by atoms with E-state index in [-0.39, 0.29) is 23.1 Å². The van der Waals surface area contributed by atoms with Gasteiger partial charge in [0.15, 0.2) is 0 Å². The molecule has 37 heavy (non-hydrogen) atoms. The van der Waals surface area contributed by atoms with E-state index in [0.717, 1.165) is 24.1 Å². The van der Waals surface area contributed by atoms with E-state index in [9.17, 15) is 9.59 Å². The first kappa shape index (κ1) is 25.5. The van der Waals surface area contributed by atoms with E-state index in [4.69, 9.17) is 11.6 Å². The highest BCUT2D eigenvalue weighted by atomic mass is 35.5. The molecule has 2 atom stereocenters. The lowest BCUT2D eigenvalue weighted by Crippen LogP contribution is -2.50.